The van der Waals surface area contributed by atoms with Gasteiger partial charge in [-0.2, -0.15) is 4.31 Å². The predicted octanol–water partition coefficient (Wildman–Crippen LogP) is 2.88. The number of hydrogen-bond donors (Lipinski definition) is 1. The molecule has 1 amide bonds. The van der Waals surface area contributed by atoms with Crippen molar-refractivity contribution in [1.82, 2.24) is 4.31 Å². The number of sulfonamides is 1. The van der Waals surface area contributed by atoms with Crippen LogP contribution in [0, 0.1) is 11.6 Å². The van der Waals surface area contributed by atoms with Crippen molar-refractivity contribution in [2.75, 3.05) is 18.9 Å². The summed E-state index contributed by atoms with van der Waals surface area (Å²) in [7, 11) is -2.76. The molecule has 2 rings (SSSR count). The highest BCUT2D eigenvalue weighted by Crippen LogP contribution is 2.19. The van der Waals surface area contributed by atoms with Crippen LogP contribution in [0.15, 0.2) is 47.4 Å². The van der Waals surface area contributed by atoms with Gasteiger partial charge in [-0.15, -0.1) is 0 Å². The third-order valence-corrected chi connectivity index (χ3v) is 5.18. The Labute approximate surface area is 142 Å². The molecule has 0 aliphatic carbocycles. The fourth-order valence-electron chi connectivity index (χ4n) is 1.87. The van der Waals surface area contributed by atoms with Gasteiger partial charge in [-0.3, -0.25) is 4.79 Å². The van der Waals surface area contributed by atoms with Gasteiger partial charge in [0, 0.05) is 12.1 Å². The normalized spacial score (nSPS) is 11.5. The van der Waals surface area contributed by atoms with Crippen LogP contribution in [0.5, 0.6) is 0 Å². The average molecular weight is 375 g/mol. The fourth-order valence-corrected chi connectivity index (χ4v) is 3.12. The van der Waals surface area contributed by atoms with Crippen molar-refractivity contribution in [3.05, 3.63) is 59.1 Å². The minimum Gasteiger partial charge on any atom is -0.320 e. The van der Waals surface area contributed by atoms with Crippen molar-refractivity contribution >= 4 is 33.2 Å². The quantitative estimate of drug-likeness (QED) is 0.875. The Morgan fingerprint density at radius 2 is 1.67 bits per heavy atom. The standard InChI is InChI=1S/C15H13ClF2N2O3S/c1-20(24(22,23)11-7-5-10(16)6-8-11)9-14(21)19-15-12(17)3-2-4-13(15)18/h2-8H,9H2,1H3,(H,19,21). The highest BCUT2D eigenvalue weighted by molar-refractivity contribution is 7.89. The smallest absolute Gasteiger partial charge is 0.243 e. The molecule has 0 fully saturated rings. The number of carbonyl (C=O) groups is 1. The fraction of sp³-hybridized carbons (Fsp3) is 0.133. The number of carbonyl (C=O) groups excluding carboxylic acids is 1. The number of amides is 1. The first-order valence-corrected chi connectivity index (χ1v) is 8.49. The second kappa shape index (κ2) is 7.25. The lowest BCUT2D eigenvalue weighted by Gasteiger charge is -2.17. The molecule has 0 saturated heterocycles. The molecule has 5 nitrogen and oxygen atoms in total. The van der Waals surface area contributed by atoms with E-state index in [9.17, 15) is 22.0 Å². The van der Waals surface area contributed by atoms with Crippen molar-refractivity contribution in [2.45, 2.75) is 4.90 Å². The van der Waals surface area contributed by atoms with E-state index in [1.807, 2.05) is 5.32 Å². The molecule has 0 radical (unpaired) electrons. The number of likely N-dealkylation sites (N-methyl/N-ethyl adjacent to an activating group) is 1. The topological polar surface area (TPSA) is 66.5 Å². The highest BCUT2D eigenvalue weighted by atomic mass is 35.5. The van der Waals surface area contributed by atoms with Crippen LogP contribution in [0.4, 0.5) is 14.5 Å². The molecule has 0 spiro atoms. The number of para-hydroxylation sites is 1. The Morgan fingerprint density at radius 1 is 1.12 bits per heavy atom. The SMILES string of the molecule is CN(CC(=O)Nc1c(F)cccc1F)S(=O)(=O)c1ccc(Cl)cc1. The first kappa shape index (κ1) is 18.3. The van der Waals surface area contributed by atoms with E-state index in [0.29, 0.717) is 5.02 Å². The molecule has 0 aromatic heterocycles. The Hall–Kier alpha value is -2.03. The van der Waals surface area contributed by atoms with Gasteiger partial charge in [0.25, 0.3) is 0 Å². The van der Waals surface area contributed by atoms with Gasteiger partial charge in [-0.25, -0.2) is 17.2 Å². The third kappa shape index (κ3) is 4.08. The molecule has 0 aliphatic heterocycles. The molecule has 0 saturated carbocycles. The maximum absolute atomic E-state index is 13.5. The van der Waals surface area contributed by atoms with Gasteiger partial charge < -0.3 is 5.32 Å². The van der Waals surface area contributed by atoms with E-state index >= 15 is 0 Å². The number of nitrogens with one attached hydrogen (secondary N) is 1. The molecule has 0 heterocycles. The predicted molar refractivity (Wildman–Crippen MR) is 86.3 cm³/mol. The zero-order valence-electron chi connectivity index (χ0n) is 12.5. The largest absolute Gasteiger partial charge is 0.320 e. The molecule has 24 heavy (non-hydrogen) atoms. The van der Waals surface area contributed by atoms with Crippen LogP contribution in [-0.2, 0) is 14.8 Å². The maximum Gasteiger partial charge on any atom is 0.243 e. The molecule has 0 aliphatic rings. The molecular formula is C15H13ClF2N2O3S. The Kier molecular flexibility index (Phi) is 5.53. The van der Waals surface area contributed by atoms with E-state index in [1.165, 1.54) is 31.3 Å². The van der Waals surface area contributed by atoms with Crippen LogP contribution in [0.25, 0.3) is 0 Å². The van der Waals surface area contributed by atoms with Gasteiger partial charge in [0.1, 0.15) is 17.3 Å². The summed E-state index contributed by atoms with van der Waals surface area (Å²) in [5.41, 5.74) is -0.625. The van der Waals surface area contributed by atoms with Gasteiger partial charge in [0.15, 0.2) is 0 Å². The van der Waals surface area contributed by atoms with Gasteiger partial charge in [0.2, 0.25) is 15.9 Å². The molecule has 2 aromatic rings. The van der Waals surface area contributed by atoms with E-state index in [2.05, 4.69) is 0 Å². The number of halogens is 3. The number of rotatable bonds is 5. The number of benzene rings is 2. The molecule has 0 bridgehead atoms. The maximum atomic E-state index is 13.5. The van der Waals surface area contributed by atoms with Gasteiger partial charge >= 0.3 is 0 Å². The third-order valence-electron chi connectivity index (χ3n) is 3.12. The van der Waals surface area contributed by atoms with Crippen LogP contribution in [-0.4, -0.2) is 32.2 Å². The van der Waals surface area contributed by atoms with Gasteiger partial charge in [0.05, 0.1) is 11.4 Å². The Bertz CT molecular complexity index is 837. The summed E-state index contributed by atoms with van der Waals surface area (Å²) in [4.78, 5) is 11.8. The number of anilines is 1. The van der Waals surface area contributed by atoms with E-state index in [-0.39, 0.29) is 4.90 Å². The zero-order valence-corrected chi connectivity index (χ0v) is 14.0. The van der Waals surface area contributed by atoms with E-state index in [4.69, 9.17) is 11.6 Å². The lowest BCUT2D eigenvalue weighted by atomic mass is 10.3. The first-order chi connectivity index (χ1) is 11.2. The van der Waals surface area contributed by atoms with Crippen LogP contribution in [0.2, 0.25) is 5.02 Å². The Balaban J connectivity index is 2.12. The molecule has 2 aromatic carbocycles. The molecule has 1 N–H and O–H groups in total. The average Bonchev–Trinajstić information content (AvgIpc) is 2.51. The second-order valence-corrected chi connectivity index (χ2v) is 7.34. The van der Waals surface area contributed by atoms with E-state index < -0.39 is 39.8 Å². The molecule has 9 heteroatoms. The summed E-state index contributed by atoms with van der Waals surface area (Å²) in [6, 6.07) is 8.50. The lowest BCUT2D eigenvalue weighted by molar-refractivity contribution is -0.116. The minimum atomic E-state index is -3.94. The molecule has 128 valence electrons. The van der Waals surface area contributed by atoms with Crippen molar-refractivity contribution in [2.24, 2.45) is 0 Å². The summed E-state index contributed by atoms with van der Waals surface area (Å²) in [5, 5.41) is 2.39. The number of hydrogen-bond acceptors (Lipinski definition) is 3. The Morgan fingerprint density at radius 3 is 2.21 bits per heavy atom. The van der Waals surface area contributed by atoms with Crippen LogP contribution in [0.3, 0.4) is 0 Å². The molecule has 0 atom stereocenters. The summed E-state index contributed by atoms with van der Waals surface area (Å²) < 4.78 is 52.4. The summed E-state index contributed by atoms with van der Waals surface area (Å²) >= 11 is 5.70. The summed E-state index contributed by atoms with van der Waals surface area (Å²) in [6.45, 7) is -0.612. The van der Waals surface area contributed by atoms with Crippen LogP contribution >= 0.6 is 11.6 Å². The molecular weight excluding hydrogens is 362 g/mol. The van der Waals surface area contributed by atoms with Gasteiger partial charge in [-0.05, 0) is 36.4 Å². The van der Waals surface area contributed by atoms with E-state index in [0.717, 1.165) is 22.5 Å². The minimum absolute atomic E-state index is 0.0562. The van der Waals surface area contributed by atoms with E-state index in [1.54, 1.807) is 0 Å². The molecule has 0 unspecified atom stereocenters. The van der Waals surface area contributed by atoms with Crippen molar-refractivity contribution in [3.8, 4) is 0 Å². The van der Waals surface area contributed by atoms with Crippen molar-refractivity contribution in [3.63, 3.8) is 0 Å². The number of nitrogens with zero attached hydrogens (tertiary/aromatic N) is 1. The lowest BCUT2D eigenvalue weighted by Crippen LogP contribution is -2.35. The van der Waals surface area contributed by atoms with Crippen LogP contribution in [0.1, 0.15) is 0 Å². The van der Waals surface area contributed by atoms with Crippen LogP contribution < -0.4 is 5.32 Å². The first-order valence-electron chi connectivity index (χ1n) is 6.67. The monoisotopic (exact) mass is 374 g/mol. The van der Waals surface area contributed by atoms with Crippen molar-refractivity contribution < 1.29 is 22.0 Å². The van der Waals surface area contributed by atoms with Crippen molar-refractivity contribution in [1.29, 1.82) is 0 Å². The summed E-state index contributed by atoms with van der Waals surface area (Å²) in [6.07, 6.45) is 0. The zero-order chi connectivity index (χ0) is 17.9. The summed E-state index contributed by atoms with van der Waals surface area (Å²) in [5.74, 6) is -2.78. The highest BCUT2D eigenvalue weighted by Gasteiger charge is 2.23. The second-order valence-electron chi connectivity index (χ2n) is 4.86. The van der Waals surface area contributed by atoms with Gasteiger partial charge in [-0.1, -0.05) is 17.7 Å².